The Bertz CT molecular complexity index is 928. The third-order valence-corrected chi connectivity index (χ3v) is 4.83. The van der Waals surface area contributed by atoms with E-state index < -0.39 is 26.7 Å². The number of carbonyl (C=O) groups is 1. The molecular formula is C16H14FNO6S. The number of sulfonamides is 1. The van der Waals surface area contributed by atoms with Crippen LogP contribution in [0.3, 0.4) is 0 Å². The van der Waals surface area contributed by atoms with Crippen LogP contribution in [0.1, 0.15) is 10.4 Å². The number of anilines is 1. The average molecular weight is 367 g/mol. The summed E-state index contributed by atoms with van der Waals surface area (Å²) in [6, 6.07) is 7.41. The second-order valence-corrected chi connectivity index (χ2v) is 6.75. The van der Waals surface area contributed by atoms with E-state index in [4.69, 9.17) is 9.47 Å². The van der Waals surface area contributed by atoms with Gasteiger partial charge in [-0.1, -0.05) is 0 Å². The van der Waals surface area contributed by atoms with E-state index in [1.54, 1.807) is 6.07 Å². The van der Waals surface area contributed by atoms with Gasteiger partial charge in [-0.25, -0.2) is 17.6 Å². The van der Waals surface area contributed by atoms with Crippen molar-refractivity contribution in [1.29, 1.82) is 0 Å². The molecule has 7 nitrogen and oxygen atoms in total. The molecule has 3 rings (SSSR count). The first kappa shape index (κ1) is 17.0. The number of ether oxygens (including phenoxy) is 3. The maximum Gasteiger partial charge on any atom is 0.337 e. The maximum absolute atomic E-state index is 14.0. The minimum absolute atomic E-state index is 0.0774. The first-order valence-electron chi connectivity index (χ1n) is 7.21. The molecule has 0 radical (unpaired) electrons. The van der Waals surface area contributed by atoms with Crippen LogP contribution >= 0.6 is 0 Å². The lowest BCUT2D eigenvalue weighted by molar-refractivity contribution is 0.0600. The summed E-state index contributed by atoms with van der Waals surface area (Å²) in [5.74, 6) is -0.878. The molecular weight excluding hydrogens is 353 g/mol. The number of methoxy groups -OCH3 is 1. The number of rotatable bonds is 4. The Hall–Kier alpha value is -2.81. The Kier molecular flexibility index (Phi) is 4.49. The van der Waals surface area contributed by atoms with Gasteiger partial charge < -0.3 is 14.2 Å². The Morgan fingerprint density at radius 3 is 2.56 bits per heavy atom. The summed E-state index contributed by atoms with van der Waals surface area (Å²) in [4.78, 5) is 10.9. The van der Waals surface area contributed by atoms with Gasteiger partial charge in [0.25, 0.3) is 10.0 Å². The lowest BCUT2D eigenvalue weighted by Crippen LogP contribution is -2.17. The molecule has 2 aromatic rings. The minimum Gasteiger partial charge on any atom is -0.486 e. The highest BCUT2D eigenvalue weighted by molar-refractivity contribution is 7.92. The number of nitrogens with one attached hydrogen (secondary N) is 1. The molecule has 0 saturated heterocycles. The zero-order chi connectivity index (χ0) is 18.0. The van der Waals surface area contributed by atoms with Crippen LogP contribution in [0.2, 0.25) is 0 Å². The number of esters is 1. The van der Waals surface area contributed by atoms with Crippen LogP contribution in [-0.4, -0.2) is 34.7 Å². The number of hydrogen-bond donors (Lipinski definition) is 1. The maximum atomic E-state index is 14.0. The number of hydrogen-bond acceptors (Lipinski definition) is 6. The molecule has 0 aliphatic carbocycles. The third-order valence-electron chi connectivity index (χ3n) is 3.44. The highest BCUT2D eigenvalue weighted by Crippen LogP contribution is 2.33. The molecule has 0 atom stereocenters. The quantitative estimate of drug-likeness (QED) is 0.833. The van der Waals surface area contributed by atoms with Crippen molar-refractivity contribution in [3.63, 3.8) is 0 Å². The van der Waals surface area contributed by atoms with Gasteiger partial charge in [-0.15, -0.1) is 0 Å². The van der Waals surface area contributed by atoms with Crippen LogP contribution in [0, 0.1) is 5.82 Å². The summed E-state index contributed by atoms with van der Waals surface area (Å²) in [6.07, 6.45) is 0. The van der Waals surface area contributed by atoms with Gasteiger partial charge in [-0.2, -0.15) is 0 Å². The normalized spacial score (nSPS) is 13.2. The molecule has 2 aromatic carbocycles. The first-order valence-corrected chi connectivity index (χ1v) is 8.69. The molecule has 0 amide bonds. The molecule has 0 saturated carbocycles. The van der Waals surface area contributed by atoms with Crippen molar-refractivity contribution in [3.05, 3.63) is 47.8 Å². The Balaban J connectivity index is 1.93. The zero-order valence-corrected chi connectivity index (χ0v) is 13.9. The summed E-state index contributed by atoms with van der Waals surface area (Å²) in [5, 5.41) is 0. The highest BCUT2D eigenvalue weighted by Gasteiger charge is 2.22. The van der Waals surface area contributed by atoms with E-state index >= 15 is 0 Å². The topological polar surface area (TPSA) is 90.9 Å². The smallest absolute Gasteiger partial charge is 0.337 e. The minimum atomic E-state index is -4.26. The van der Waals surface area contributed by atoms with E-state index in [-0.39, 0.29) is 11.3 Å². The molecule has 1 N–H and O–H groups in total. The molecule has 9 heteroatoms. The fraction of sp³-hybridized carbons (Fsp3) is 0.188. The van der Waals surface area contributed by atoms with E-state index in [2.05, 4.69) is 9.46 Å². The second kappa shape index (κ2) is 6.60. The van der Waals surface area contributed by atoms with Crippen LogP contribution in [-0.2, 0) is 14.8 Å². The summed E-state index contributed by atoms with van der Waals surface area (Å²) in [5.41, 5.74) is 0.0959. The monoisotopic (exact) mass is 367 g/mol. The molecule has 0 unspecified atom stereocenters. The molecule has 1 aliphatic heterocycles. The van der Waals surface area contributed by atoms with Gasteiger partial charge in [-0.05, 0) is 30.3 Å². The van der Waals surface area contributed by atoms with Crippen molar-refractivity contribution in [2.45, 2.75) is 4.90 Å². The molecule has 132 valence electrons. The van der Waals surface area contributed by atoms with Gasteiger partial charge in [0, 0.05) is 6.07 Å². The van der Waals surface area contributed by atoms with Gasteiger partial charge in [-0.3, -0.25) is 4.72 Å². The van der Waals surface area contributed by atoms with Crippen LogP contribution in [0.5, 0.6) is 11.5 Å². The van der Waals surface area contributed by atoms with Gasteiger partial charge >= 0.3 is 5.97 Å². The Morgan fingerprint density at radius 2 is 1.84 bits per heavy atom. The molecule has 1 heterocycles. The third kappa shape index (κ3) is 3.50. The summed E-state index contributed by atoms with van der Waals surface area (Å²) >= 11 is 0. The fourth-order valence-corrected chi connectivity index (χ4v) is 3.43. The Morgan fingerprint density at radius 1 is 1.12 bits per heavy atom. The molecule has 1 aliphatic rings. The van der Waals surface area contributed by atoms with E-state index in [1.165, 1.54) is 12.1 Å². The number of fused-ring (bicyclic) bond motifs is 1. The zero-order valence-electron chi connectivity index (χ0n) is 13.1. The van der Waals surface area contributed by atoms with Crippen molar-refractivity contribution in [2.75, 3.05) is 25.0 Å². The largest absolute Gasteiger partial charge is 0.486 e. The van der Waals surface area contributed by atoms with E-state index in [9.17, 15) is 17.6 Å². The van der Waals surface area contributed by atoms with E-state index in [1.807, 2.05) is 0 Å². The van der Waals surface area contributed by atoms with Crippen molar-refractivity contribution >= 4 is 21.7 Å². The summed E-state index contributed by atoms with van der Waals surface area (Å²) < 4.78 is 56.5. The van der Waals surface area contributed by atoms with Crippen LogP contribution in [0.25, 0.3) is 0 Å². The average Bonchev–Trinajstić information content (AvgIpc) is 2.61. The number of halogens is 1. The molecule has 0 aromatic heterocycles. The summed E-state index contributed by atoms with van der Waals surface area (Å²) in [7, 11) is -3.12. The summed E-state index contributed by atoms with van der Waals surface area (Å²) in [6.45, 7) is 0.753. The standard InChI is InChI=1S/C16H14FNO6S/c1-22-16(19)10-2-4-12(17)15(8-10)25(20,21)18-11-3-5-13-14(9-11)24-7-6-23-13/h2-5,8-9,18H,6-7H2,1H3. The lowest BCUT2D eigenvalue weighted by atomic mass is 10.2. The number of carbonyl (C=O) groups excluding carboxylic acids is 1. The van der Waals surface area contributed by atoms with Gasteiger partial charge in [0.2, 0.25) is 0 Å². The number of benzene rings is 2. The van der Waals surface area contributed by atoms with E-state index in [0.717, 1.165) is 25.3 Å². The first-order chi connectivity index (χ1) is 11.9. The molecule has 0 spiro atoms. The second-order valence-electron chi connectivity index (χ2n) is 5.10. The van der Waals surface area contributed by atoms with Crippen molar-refractivity contribution in [3.8, 4) is 11.5 Å². The van der Waals surface area contributed by atoms with Crippen LogP contribution in [0.15, 0.2) is 41.3 Å². The Labute approximate surface area is 143 Å². The van der Waals surface area contributed by atoms with Gasteiger partial charge in [0.15, 0.2) is 11.5 Å². The van der Waals surface area contributed by atoms with Crippen molar-refractivity contribution in [2.24, 2.45) is 0 Å². The highest BCUT2D eigenvalue weighted by atomic mass is 32.2. The van der Waals surface area contributed by atoms with Gasteiger partial charge in [0.05, 0.1) is 18.4 Å². The molecule has 25 heavy (non-hydrogen) atoms. The fourth-order valence-electron chi connectivity index (χ4n) is 2.27. The van der Waals surface area contributed by atoms with E-state index in [0.29, 0.717) is 24.7 Å². The lowest BCUT2D eigenvalue weighted by Gasteiger charge is -2.19. The SMILES string of the molecule is COC(=O)c1ccc(F)c(S(=O)(=O)Nc2ccc3c(c2)OCCO3)c1. The van der Waals surface area contributed by atoms with Gasteiger partial charge in [0.1, 0.15) is 23.9 Å². The predicted molar refractivity (Wildman–Crippen MR) is 86.0 cm³/mol. The van der Waals surface area contributed by atoms with Crippen LogP contribution < -0.4 is 14.2 Å². The molecule has 0 fully saturated rings. The van der Waals surface area contributed by atoms with Crippen molar-refractivity contribution < 1.29 is 31.8 Å². The molecule has 0 bridgehead atoms. The predicted octanol–water partition coefficient (Wildman–Crippen LogP) is 2.18. The van der Waals surface area contributed by atoms with Crippen LogP contribution in [0.4, 0.5) is 10.1 Å². The van der Waals surface area contributed by atoms with Crippen molar-refractivity contribution in [1.82, 2.24) is 0 Å².